The molecule has 1 saturated heterocycles. The molecule has 1 aliphatic heterocycles. The van der Waals surface area contributed by atoms with Crippen LogP contribution < -0.4 is 5.56 Å². The zero-order valence-corrected chi connectivity index (χ0v) is 17.0. The monoisotopic (exact) mass is 394 g/mol. The number of carbonyl (C=O) groups is 1. The van der Waals surface area contributed by atoms with Crippen molar-refractivity contribution in [2.45, 2.75) is 45.1 Å². The molecule has 152 valence electrons. The van der Waals surface area contributed by atoms with E-state index in [2.05, 4.69) is 25.8 Å². The van der Waals surface area contributed by atoms with Gasteiger partial charge in [0.15, 0.2) is 0 Å². The van der Waals surface area contributed by atoms with Crippen LogP contribution in [-0.2, 0) is 5.41 Å². The average molecular weight is 394 g/mol. The smallest absolute Gasteiger partial charge is 0.257 e. The van der Waals surface area contributed by atoms with Gasteiger partial charge in [-0.1, -0.05) is 20.8 Å². The van der Waals surface area contributed by atoms with Crippen molar-refractivity contribution in [3.8, 4) is 11.1 Å². The third-order valence-corrected chi connectivity index (χ3v) is 5.53. The predicted octanol–water partition coefficient (Wildman–Crippen LogP) is 3.68. The minimum atomic E-state index is -0.491. The van der Waals surface area contributed by atoms with Gasteiger partial charge in [-0.2, -0.15) is 0 Å². The number of furan rings is 1. The van der Waals surface area contributed by atoms with Crippen LogP contribution in [-0.4, -0.2) is 40.1 Å². The molecular formula is C23H26N2O4. The number of fused-ring (bicyclic) bond motifs is 1. The van der Waals surface area contributed by atoms with Gasteiger partial charge in [-0.25, -0.2) is 0 Å². The number of aliphatic hydroxyl groups excluding tert-OH is 1. The largest absolute Gasteiger partial charge is 0.463 e. The first-order chi connectivity index (χ1) is 13.8. The van der Waals surface area contributed by atoms with E-state index in [0.29, 0.717) is 41.6 Å². The fourth-order valence-electron chi connectivity index (χ4n) is 3.97. The second kappa shape index (κ2) is 7.19. The van der Waals surface area contributed by atoms with Crippen LogP contribution in [0.4, 0.5) is 0 Å². The van der Waals surface area contributed by atoms with E-state index in [1.165, 1.54) is 6.26 Å². The molecule has 0 radical (unpaired) electrons. The maximum Gasteiger partial charge on any atom is 0.257 e. The van der Waals surface area contributed by atoms with Crippen molar-refractivity contribution in [2.75, 3.05) is 13.1 Å². The molecule has 6 heteroatoms. The summed E-state index contributed by atoms with van der Waals surface area (Å²) in [5.74, 6) is -0.151. The lowest BCUT2D eigenvalue weighted by molar-refractivity contribution is 0.0474. The third-order valence-electron chi connectivity index (χ3n) is 5.53. The van der Waals surface area contributed by atoms with Crippen molar-refractivity contribution in [2.24, 2.45) is 0 Å². The summed E-state index contributed by atoms with van der Waals surface area (Å²) in [5, 5.41) is 10.7. The van der Waals surface area contributed by atoms with Crippen LogP contribution in [0.1, 0.15) is 49.5 Å². The summed E-state index contributed by atoms with van der Waals surface area (Å²) in [4.78, 5) is 29.9. The summed E-state index contributed by atoms with van der Waals surface area (Å²) in [6, 6.07) is 7.38. The van der Waals surface area contributed by atoms with Crippen LogP contribution in [0.5, 0.6) is 0 Å². The molecule has 0 saturated carbocycles. The molecule has 0 aliphatic carbocycles. The van der Waals surface area contributed by atoms with E-state index >= 15 is 0 Å². The quantitative estimate of drug-likeness (QED) is 0.694. The highest BCUT2D eigenvalue weighted by Crippen LogP contribution is 2.37. The molecule has 6 nitrogen and oxygen atoms in total. The number of aromatic amines is 1. The van der Waals surface area contributed by atoms with E-state index in [1.807, 2.05) is 12.1 Å². The maximum atomic E-state index is 13.2. The maximum absolute atomic E-state index is 13.2. The number of rotatable bonds is 2. The number of pyridine rings is 1. The van der Waals surface area contributed by atoms with Crippen LogP contribution in [0, 0.1) is 0 Å². The molecule has 0 bridgehead atoms. The molecule has 1 fully saturated rings. The Labute approximate surface area is 169 Å². The molecule has 2 aromatic heterocycles. The summed E-state index contributed by atoms with van der Waals surface area (Å²) >= 11 is 0. The van der Waals surface area contributed by atoms with Gasteiger partial charge >= 0.3 is 0 Å². The van der Waals surface area contributed by atoms with Gasteiger partial charge in [0, 0.05) is 35.8 Å². The number of hydrogen-bond donors (Lipinski definition) is 2. The number of H-pyrrole nitrogens is 1. The number of aliphatic hydroxyl groups is 1. The zero-order chi connectivity index (χ0) is 20.8. The number of β-amino-alcohol motifs (C(OH)–C–C–N with tert-alkyl or cyclic N) is 1. The highest BCUT2D eigenvalue weighted by Gasteiger charge is 2.28. The fourth-order valence-corrected chi connectivity index (χ4v) is 3.97. The van der Waals surface area contributed by atoms with Gasteiger partial charge in [0.25, 0.3) is 11.5 Å². The number of nitrogens with one attached hydrogen (secondary N) is 1. The van der Waals surface area contributed by atoms with Crippen molar-refractivity contribution < 1.29 is 14.3 Å². The van der Waals surface area contributed by atoms with Crippen molar-refractivity contribution in [1.82, 2.24) is 9.88 Å². The van der Waals surface area contributed by atoms with E-state index < -0.39 is 6.10 Å². The predicted molar refractivity (Wildman–Crippen MR) is 112 cm³/mol. The summed E-state index contributed by atoms with van der Waals surface area (Å²) < 4.78 is 5.87. The van der Waals surface area contributed by atoms with Gasteiger partial charge in [0.1, 0.15) is 11.8 Å². The lowest BCUT2D eigenvalue weighted by Crippen LogP contribution is -2.42. The molecule has 4 rings (SSSR count). The number of hydrogen-bond acceptors (Lipinski definition) is 4. The fraction of sp³-hybridized carbons (Fsp3) is 0.391. The number of aromatic nitrogens is 1. The first-order valence-corrected chi connectivity index (χ1v) is 9.97. The molecule has 0 spiro atoms. The number of piperidine rings is 1. The minimum absolute atomic E-state index is 0.151. The highest BCUT2D eigenvalue weighted by atomic mass is 16.3. The molecule has 1 amide bonds. The number of likely N-dealkylation sites (tertiary alicyclic amines) is 1. The summed E-state index contributed by atoms with van der Waals surface area (Å²) in [7, 11) is 0. The Morgan fingerprint density at radius 1 is 1.31 bits per heavy atom. The molecule has 29 heavy (non-hydrogen) atoms. The summed E-state index contributed by atoms with van der Waals surface area (Å²) in [6.07, 6.45) is 4.10. The van der Waals surface area contributed by atoms with Crippen molar-refractivity contribution in [3.63, 3.8) is 0 Å². The number of amides is 1. The number of nitrogens with zero attached hydrogens (tertiary/aromatic N) is 1. The van der Waals surface area contributed by atoms with Crippen LogP contribution >= 0.6 is 0 Å². The van der Waals surface area contributed by atoms with Crippen LogP contribution in [0.25, 0.3) is 22.1 Å². The standard InChI is InChI=1S/C23H26N2O4/c1-23(2,3)19-11-14(16-7-4-8-24-21(16)27)10-17-18(13-29-20(17)19)22(28)25-9-5-6-15(26)12-25/h4,7-8,10-11,13,15,26H,5-6,9,12H2,1-3H3,(H,24,27). The molecule has 1 unspecified atom stereocenters. The molecule has 1 aliphatic rings. The normalized spacial score (nSPS) is 17.7. The number of carbonyl (C=O) groups excluding carboxylic acids is 1. The molecule has 1 atom stereocenters. The minimum Gasteiger partial charge on any atom is -0.463 e. The molecule has 3 heterocycles. The van der Waals surface area contributed by atoms with Crippen LogP contribution in [0.2, 0.25) is 0 Å². The molecule has 3 aromatic rings. The Morgan fingerprint density at radius 2 is 2.10 bits per heavy atom. The highest BCUT2D eigenvalue weighted by molar-refractivity contribution is 6.07. The second-order valence-corrected chi connectivity index (χ2v) is 8.76. The number of benzene rings is 1. The molecular weight excluding hydrogens is 368 g/mol. The van der Waals surface area contributed by atoms with Gasteiger partial charge in [-0.15, -0.1) is 0 Å². The Kier molecular flexibility index (Phi) is 4.82. The summed E-state index contributed by atoms with van der Waals surface area (Å²) in [6.45, 7) is 7.17. The summed E-state index contributed by atoms with van der Waals surface area (Å²) in [5.41, 5.74) is 2.94. The van der Waals surface area contributed by atoms with Crippen LogP contribution in [0.15, 0.2) is 45.9 Å². The SMILES string of the molecule is CC(C)(C)c1cc(-c2ccc[nH]c2=O)cc2c(C(=O)N3CCCC(O)C3)coc12. The lowest BCUT2D eigenvalue weighted by Gasteiger charge is -2.29. The van der Waals surface area contributed by atoms with E-state index in [-0.39, 0.29) is 16.9 Å². The van der Waals surface area contributed by atoms with E-state index in [4.69, 9.17) is 4.42 Å². The zero-order valence-electron chi connectivity index (χ0n) is 17.0. The Hall–Kier alpha value is -2.86. The van der Waals surface area contributed by atoms with E-state index in [1.54, 1.807) is 23.2 Å². The first-order valence-electron chi connectivity index (χ1n) is 9.97. The first kappa shape index (κ1) is 19.5. The Balaban J connectivity index is 1.90. The lowest BCUT2D eigenvalue weighted by atomic mass is 9.84. The van der Waals surface area contributed by atoms with E-state index in [9.17, 15) is 14.7 Å². The Bertz CT molecular complexity index is 1120. The van der Waals surface area contributed by atoms with Gasteiger partial charge in [0.05, 0.1) is 11.7 Å². The molecule has 2 N–H and O–H groups in total. The van der Waals surface area contributed by atoms with Gasteiger partial charge in [-0.05, 0) is 48.1 Å². The average Bonchev–Trinajstić information content (AvgIpc) is 3.10. The molecule has 1 aromatic carbocycles. The van der Waals surface area contributed by atoms with Crippen molar-refractivity contribution >= 4 is 16.9 Å². The van der Waals surface area contributed by atoms with E-state index in [0.717, 1.165) is 17.5 Å². The van der Waals surface area contributed by atoms with Gasteiger partial charge < -0.3 is 19.4 Å². The second-order valence-electron chi connectivity index (χ2n) is 8.76. The van der Waals surface area contributed by atoms with Gasteiger partial charge in [0.2, 0.25) is 0 Å². The van der Waals surface area contributed by atoms with Crippen LogP contribution in [0.3, 0.4) is 0 Å². The topological polar surface area (TPSA) is 86.5 Å². The Morgan fingerprint density at radius 3 is 2.79 bits per heavy atom. The third kappa shape index (κ3) is 3.60. The van der Waals surface area contributed by atoms with Crippen molar-refractivity contribution in [1.29, 1.82) is 0 Å². The van der Waals surface area contributed by atoms with Gasteiger partial charge in [-0.3, -0.25) is 9.59 Å². The van der Waals surface area contributed by atoms with Crippen molar-refractivity contribution in [3.05, 3.63) is 58.2 Å².